The molecule has 0 bridgehead atoms. The molecule has 0 saturated heterocycles. The van der Waals surface area contributed by atoms with E-state index in [0.29, 0.717) is 5.92 Å². The third kappa shape index (κ3) is 3.40. The molecule has 0 aromatic carbocycles. The summed E-state index contributed by atoms with van der Waals surface area (Å²) in [7, 11) is -3.90. The molecule has 1 unspecified atom stereocenters. The highest BCUT2D eigenvalue weighted by molar-refractivity contribution is 7.89. The van der Waals surface area contributed by atoms with E-state index < -0.39 is 16.0 Å². The first-order chi connectivity index (χ1) is 9.08. The largest absolute Gasteiger partial charge is 0.478 e. The molecular formula is C13H21NO5S. The first-order valence-electron chi connectivity index (χ1n) is 6.40. The normalized spacial score (nSPS) is 13.7. The second-order valence-electron chi connectivity index (χ2n) is 5.30. The Morgan fingerprint density at radius 1 is 1.25 bits per heavy atom. The van der Waals surface area contributed by atoms with Gasteiger partial charge in [-0.2, -0.15) is 0 Å². The number of furan rings is 1. The molecule has 0 fully saturated rings. The number of carbonyl (C=O) groups is 1. The molecule has 0 saturated carbocycles. The van der Waals surface area contributed by atoms with E-state index in [0.717, 1.165) is 0 Å². The molecule has 0 spiro atoms. The first-order valence-corrected chi connectivity index (χ1v) is 7.89. The van der Waals surface area contributed by atoms with Gasteiger partial charge < -0.3 is 9.52 Å². The molecular weight excluding hydrogens is 282 g/mol. The van der Waals surface area contributed by atoms with Crippen molar-refractivity contribution in [2.75, 3.05) is 6.54 Å². The van der Waals surface area contributed by atoms with Crippen LogP contribution in [0.4, 0.5) is 0 Å². The second kappa shape index (κ2) is 5.97. The topological polar surface area (TPSA) is 96.6 Å². The summed E-state index contributed by atoms with van der Waals surface area (Å²) in [4.78, 5) is 10.9. The number of aryl methyl sites for hydroxylation is 2. The van der Waals surface area contributed by atoms with Crippen LogP contribution in [0.2, 0.25) is 0 Å². The van der Waals surface area contributed by atoms with Gasteiger partial charge in [0, 0.05) is 6.54 Å². The van der Waals surface area contributed by atoms with E-state index in [2.05, 4.69) is 4.72 Å². The van der Waals surface area contributed by atoms with E-state index in [9.17, 15) is 13.2 Å². The fourth-order valence-electron chi connectivity index (χ4n) is 1.78. The summed E-state index contributed by atoms with van der Waals surface area (Å²) in [5, 5.41) is 9.14. The Hall–Kier alpha value is -1.34. The lowest BCUT2D eigenvalue weighted by Gasteiger charge is -2.16. The average molecular weight is 303 g/mol. The van der Waals surface area contributed by atoms with Gasteiger partial charge in [-0.3, -0.25) is 0 Å². The predicted molar refractivity (Wildman–Crippen MR) is 74.3 cm³/mol. The van der Waals surface area contributed by atoms with Crippen molar-refractivity contribution in [1.82, 2.24) is 4.72 Å². The maximum atomic E-state index is 12.3. The lowest BCUT2D eigenvalue weighted by molar-refractivity contribution is 0.0691. The Morgan fingerprint density at radius 3 is 2.25 bits per heavy atom. The number of carboxylic acids is 1. The van der Waals surface area contributed by atoms with Crippen molar-refractivity contribution in [3.05, 3.63) is 17.1 Å². The molecule has 0 aliphatic rings. The summed E-state index contributed by atoms with van der Waals surface area (Å²) >= 11 is 0. The Balaban J connectivity index is 3.14. The average Bonchev–Trinajstić information content (AvgIpc) is 2.61. The summed E-state index contributed by atoms with van der Waals surface area (Å²) in [5.74, 6) is -0.663. The van der Waals surface area contributed by atoms with Gasteiger partial charge in [0.1, 0.15) is 22.0 Å². The summed E-state index contributed by atoms with van der Waals surface area (Å²) in [5.41, 5.74) is -0.299. The van der Waals surface area contributed by atoms with Crippen molar-refractivity contribution >= 4 is 16.0 Å². The molecule has 0 amide bonds. The van der Waals surface area contributed by atoms with Crippen molar-refractivity contribution in [1.29, 1.82) is 0 Å². The lowest BCUT2D eigenvalue weighted by Crippen LogP contribution is -2.31. The molecule has 1 aromatic rings. The van der Waals surface area contributed by atoms with Gasteiger partial charge in [0.05, 0.1) is 0 Å². The maximum Gasteiger partial charge on any atom is 0.340 e. The van der Waals surface area contributed by atoms with Crippen molar-refractivity contribution in [3.8, 4) is 0 Å². The zero-order valence-electron chi connectivity index (χ0n) is 12.4. The van der Waals surface area contributed by atoms with E-state index in [4.69, 9.17) is 9.52 Å². The molecule has 0 aliphatic carbocycles. The van der Waals surface area contributed by atoms with Crippen LogP contribution in [-0.4, -0.2) is 26.0 Å². The highest BCUT2D eigenvalue weighted by Gasteiger charge is 2.30. The molecule has 1 heterocycles. The Morgan fingerprint density at radius 2 is 1.80 bits per heavy atom. The highest BCUT2D eigenvalue weighted by Crippen LogP contribution is 2.26. The minimum Gasteiger partial charge on any atom is -0.478 e. The number of nitrogens with one attached hydrogen (secondary N) is 1. The summed E-state index contributed by atoms with van der Waals surface area (Å²) in [6.07, 6.45) is 0. The number of aromatic carboxylic acids is 1. The van der Waals surface area contributed by atoms with Gasteiger partial charge in [0.15, 0.2) is 0 Å². The Labute approximate surface area is 119 Å². The summed E-state index contributed by atoms with van der Waals surface area (Å²) in [6.45, 7) is 9.05. The van der Waals surface area contributed by atoms with Crippen molar-refractivity contribution in [2.45, 2.75) is 39.5 Å². The monoisotopic (exact) mass is 303 g/mol. The van der Waals surface area contributed by atoms with E-state index in [1.165, 1.54) is 13.8 Å². The fraction of sp³-hybridized carbons (Fsp3) is 0.615. The minimum atomic E-state index is -3.90. The van der Waals surface area contributed by atoms with Crippen LogP contribution in [0.15, 0.2) is 9.31 Å². The highest BCUT2D eigenvalue weighted by atomic mass is 32.2. The van der Waals surface area contributed by atoms with Gasteiger partial charge in [0.2, 0.25) is 10.0 Å². The summed E-state index contributed by atoms with van der Waals surface area (Å²) in [6, 6.07) is 0. The number of rotatable bonds is 6. The zero-order chi connectivity index (χ0) is 15.7. The molecule has 1 rings (SSSR count). The van der Waals surface area contributed by atoms with Crippen molar-refractivity contribution < 1.29 is 22.7 Å². The minimum absolute atomic E-state index is 0.0876. The van der Waals surface area contributed by atoms with Gasteiger partial charge in [0.25, 0.3) is 0 Å². The predicted octanol–water partition coefficient (Wildman–Crippen LogP) is 2.17. The Kier molecular flexibility index (Phi) is 4.99. The zero-order valence-corrected chi connectivity index (χ0v) is 13.2. The third-order valence-corrected chi connectivity index (χ3v) is 5.00. The first kappa shape index (κ1) is 16.7. The van der Waals surface area contributed by atoms with Crippen LogP contribution in [0.3, 0.4) is 0 Å². The van der Waals surface area contributed by atoms with Gasteiger partial charge >= 0.3 is 5.97 Å². The van der Waals surface area contributed by atoms with Crippen LogP contribution in [0.5, 0.6) is 0 Å². The van der Waals surface area contributed by atoms with Crippen LogP contribution < -0.4 is 4.72 Å². The van der Waals surface area contributed by atoms with Crippen LogP contribution in [0.25, 0.3) is 0 Å². The molecule has 20 heavy (non-hydrogen) atoms. The molecule has 2 N–H and O–H groups in total. The van der Waals surface area contributed by atoms with E-state index in [-0.39, 0.29) is 34.4 Å². The van der Waals surface area contributed by atoms with Gasteiger partial charge in [-0.25, -0.2) is 17.9 Å². The van der Waals surface area contributed by atoms with E-state index in [1.54, 1.807) is 0 Å². The third-order valence-electron chi connectivity index (χ3n) is 3.42. The standard InChI is InChI=1S/C13H21NO5S/c1-7(2)8(3)6-14-20(17,18)12-10(5)19-9(4)11(12)13(15)16/h7-8,14H,6H2,1-5H3,(H,15,16). The smallest absolute Gasteiger partial charge is 0.340 e. The van der Waals surface area contributed by atoms with Gasteiger partial charge in [-0.1, -0.05) is 20.8 Å². The van der Waals surface area contributed by atoms with Crippen LogP contribution in [0.1, 0.15) is 42.6 Å². The maximum absolute atomic E-state index is 12.3. The molecule has 7 heteroatoms. The van der Waals surface area contributed by atoms with Crippen LogP contribution >= 0.6 is 0 Å². The van der Waals surface area contributed by atoms with Crippen molar-refractivity contribution in [2.24, 2.45) is 11.8 Å². The molecule has 1 aromatic heterocycles. The summed E-state index contributed by atoms with van der Waals surface area (Å²) < 4.78 is 32.2. The fourth-order valence-corrected chi connectivity index (χ4v) is 3.33. The van der Waals surface area contributed by atoms with Crippen LogP contribution in [0, 0.1) is 25.7 Å². The molecule has 114 valence electrons. The number of hydrogen-bond donors (Lipinski definition) is 2. The van der Waals surface area contributed by atoms with Gasteiger partial charge in [-0.05, 0) is 25.7 Å². The SMILES string of the molecule is Cc1oc(C)c(S(=O)(=O)NCC(C)C(C)C)c1C(=O)O. The molecule has 6 nitrogen and oxygen atoms in total. The van der Waals surface area contributed by atoms with Crippen molar-refractivity contribution in [3.63, 3.8) is 0 Å². The van der Waals surface area contributed by atoms with Crippen LogP contribution in [-0.2, 0) is 10.0 Å². The number of sulfonamides is 1. The molecule has 0 aliphatic heterocycles. The van der Waals surface area contributed by atoms with Gasteiger partial charge in [-0.15, -0.1) is 0 Å². The Bertz CT molecular complexity index is 601. The van der Waals surface area contributed by atoms with E-state index >= 15 is 0 Å². The number of hydrogen-bond acceptors (Lipinski definition) is 4. The second-order valence-corrected chi connectivity index (χ2v) is 7.00. The van der Waals surface area contributed by atoms with E-state index in [1.807, 2.05) is 20.8 Å². The molecule has 1 atom stereocenters. The number of carboxylic acid groups (broad SMARTS) is 1. The lowest BCUT2D eigenvalue weighted by atomic mass is 9.99. The quantitative estimate of drug-likeness (QED) is 0.839. The molecule has 0 radical (unpaired) electrons.